The van der Waals surface area contributed by atoms with Crippen LogP contribution in [0.15, 0.2) is 24.3 Å². The molecule has 0 heterocycles. The second-order valence-electron chi connectivity index (χ2n) is 5.18. The largest absolute Gasteiger partial charge is 0.303 e. The summed E-state index contributed by atoms with van der Waals surface area (Å²) in [6, 6.07) is 8.55. The van der Waals surface area contributed by atoms with Gasteiger partial charge in [0, 0.05) is 6.42 Å². The first-order valence-electron chi connectivity index (χ1n) is 5.49. The van der Waals surface area contributed by atoms with Crippen molar-refractivity contribution in [2.75, 3.05) is 0 Å². The predicted octanol–water partition coefficient (Wildman–Crippen LogP) is 3.68. The molecular formula is C14H20O. The molecule has 1 rings (SSSR count). The van der Waals surface area contributed by atoms with E-state index in [4.69, 9.17) is 0 Å². The summed E-state index contributed by atoms with van der Waals surface area (Å²) >= 11 is 0. The highest BCUT2D eigenvalue weighted by atomic mass is 16.1. The van der Waals surface area contributed by atoms with Crippen molar-refractivity contribution in [3.05, 3.63) is 35.4 Å². The van der Waals surface area contributed by atoms with Gasteiger partial charge >= 0.3 is 0 Å². The lowest BCUT2D eigenvalue weighted by molar-refractivity contribution is -0.108. The van der Waals surface area contributed by atoms with E-state index in [0.29, 0.717) is 12.3 Å². The predicted molar refractivity (Wildman–Crippen MR) is 64.2 cm³/mol. The summed E-state index contributed by atoms with van der Waals surface area (Å²) in [6.45, 7) is 8.71. The summed E-state index contributed by atoms with van der Waals surface area (Å²) in [5, 5.41) is 0. The van der Waals surface area contributed by atoms with Gasteiger partial charge in [-0.1, -0.05) is 52.0 Å². The molecule has 0 aliphatic rings. The minimum Gasteiger partial charge on any atom is -0.303 e. The average molecular weight is 204 g/mol. The number of aldehydes is 1. The fourth-order valence-corrected chi connectivity index (χ4v) is 1.59. The van der Waals surface area contributed by atoms with Crippen LogP contribution in [0.1, 0.15) is 51.2 Å². The highest BCUT2D eigenvalue weighted by molar-refractivity contribution is 5.51. The lowest BCUT2D eigenvalue weighted by atomic mass is 9.84. The zero-order valence-electron chi connectivity index (χ0n) is 10.1. The van der Waals surface area contributed by atoms with Gasteiger partial charge in [-0.05, 0) is 22.5 Å². The third kappa shape index (κ3) is 3.19. The van der Waals surface area contributed by atoms with E-state index >= 15 is 0 Å². The Hall–Kier alpha value is -1.11. The highest BCUT2D eigenvalue weighted by Gasteiger charge is 2.14. The Morgan fingerprint density at radius 1 is 1.33 bits per heavy atom. The first kappa shape index (κ1) is 12.0. The Kier molecular flexibility index (Phi) is 3.67. The second-order valence-corrected chi connectivity index (χ2v) is 5.18. The quantitative estimate of drug-likeness (QED) is 0.686. The molecule has 1 unspecified atom stereocenters. The fourth-order valence-electron chi connectivity index (χ4n) is 1.59. The summed E-state index contributed by atoms with van der Waals surface area (Å²) < 4.78 is 0. The minimum absolute atomic E-state index is 0.177. The van der Waals surface area contributed by atoms with E-state index in [0.717, 1.165) is 6.29 Å². The first-order chi connectivity index (χ1) is 6.95. The zero-order valence-corrected chi connectivity index (χ0v) is 10.1. The molecule has 82 valence electrons. The molecule has 0 bridgehead atoms. The van der Waals surface area contributed by atoms with Gasteiger partial charge in [0.1, 0.15) is 6.29 Å². The Morgan fingerprint density at radius 2 is 2.00 bits per heavy atom. The topological polar surface area (TPSA) is 17.1 Å². The molecule has 1 heteroatoms. The number of rotatable bonds is 3. The van der Waals surface area contributed by atoms with Gasteiger partial charge in [-0.25, -0.2) is 0 Å². The van der Waals surface area contributed by atoms with Crippen molar-refractivity contribution in [3.63, 3.8) is 0 Å². The molecule has 0 aliphatic heterocycles. The number of hydrogen-bond donors (Lipinski definition) is 0. The van der Waals surface area contributed by atoms with Gasteiger partial charge in [0.25, 0.3) is 0 Å². The summed E-state index contributed by atoms with van der Waals surface area (Å²) in [7, 11) is 0. The number of benzene rings is 1. The lowest BCUT2D eigenvalue weighted by Crippen LogP contribution is -2.11. The van der Waals surface area contributed by atoms with Gasteiger partial charge in [0.05, 0.1) is 0 Å². The van der Waals surface area contributed by atoms with E-state index in [2.05, 4.69) is 52.0 Å². The van der Waals surface area contributed by atoms with E-state index in [1.54, 1.807) is 0 Å². The normalized spacial score (nSPS) is 13.6. The highest BCUT2D eigenvalue weighted by Crippen LogP contribution is 2.26. The van der Waals surface area contributed by atoms with Gasteiger partial charge in [-0.2, -0.15) is 0 Å². The Labute approximate surface area is 92.5 Å². The molecule has 0 N–H and O–H groups in total. The summed E-state index contributed by atoms with van der Waals surface area (Å²) in [6.07, 6.45) is 1.60. The lowest BCUT2D eigenvalue weighted by Gasteiger charge is -2.21. The third-order valence-electron chi connectivity index (χ3n) is 2.77. The third-order valence-corrected chi connectivity index (χ3v) is 2.77. The van der Waals surface area contributed by atoms with Crippen LogP contribution in [-0.4, -0.2) is 6.29 Å². The molecule has 1 aromatic carbocycles. The number of carbonyl (C=O) groups is 1. The minimum atomic E-state index is 0.177. The van der Waals surface area contributed by atoms with Crippen molar-refractivity contribution in [1.82, 2.24) is 0 Å². The van der Waals surface area contributed by atoms with Crippen molar-refractivity contribution in [2.45, 2.75) is 45.4 Å². The van der Waals surface area contributed by atoms with Gasteiger partial charge in [-0.3, -0.25) is 0 Å². The maximum absolute atomic E-state index is 10.5. The van der Waals surface area contributed by atoms with E-state index in [1.165, 1.54) is 11.1 Å². The monoisotopic (exact) mass is 204 g/mol. The second kappa shape index (κ2) is 4.61. The van der Waals surface area contributed by atoms with Gasteiger partial charge in [-0.15, -0.1) is 0 Å². The molecule has 1 aromatic rings. The smallest absolute Gasteiger partial charge is 0.120 e. The molecule has 0 amide bonds. The Morgan fingerprint density at radius 3 is 2.53 bits per heavy atom. The molecular weight excluding hydrogens is 184 g/mol. The van der Waals surface area contributed by atoms with E-state index in [9.17, 15) is 4.79 Å². The van der Waals surface area contributed by atoms with Gasteiger partial charge < -0.3 is 4.79 Å². The molecule has 1 atom stereocenters. The van der Waals surface area contributed by atoms with Crippen molar-refractivity contribution in [2.24, 2.45) is 0 Å². The van der Waals surface area contributed by atoms with Crippen molar-refractivity contribution in [1.29, 1.82) is 0 Å². The Balaban J connectivity index is 2.97. The Bertz CT molecular complexity index is 333. The van der Waals surface area contributed by atoms with Crippen LogP contribution in [-0.2, 0) is 10.2 Å². The average Bonchev–Trinajstić information content (AvgIpc) is 2.17. The maximum Gasteiger partial charge on any atom is 0.120 e. The van der Waals surface area contributed by atoms with Crippen molar-refractivity contribution < 1.29 is 4.79 Å². The van der Waals surface area contributed by atoms with Gasteiger partial charge in [0.15, 0.2) is 0 Å². The number of hydrogen-bond acceptors (Lipinski definition) is 1. The number of carbonyl (C=O) groups excluding carboxylic acids is 1. The van der Waals surface area contributed by atoms with Crippen molar-refractivity contribution >= 4 is 6.29 Å². The van der Waals surface area contributed by atoms with Crippen LogP contribution in [0.25, 0.3) is 0 Å². The fraction of sp³-hybridized carbons (Fsp3) is 0.500. The van der Waals surface area contributed by atoms with Crippen molar-refractivity contribution in [3.8, 4) is 0 Å². The van der Waals surface area contributed by atoms with E-state index in [1.807, 2.05) is 0 Å². The van der Waals surface area contributed by atoms with E-state index < -0.39 is 0 Å². The molecule has 0 aromatic heterocycles. The van der Waals surface area contributed by atoms with E-state index in [-0.39, 0.29) is 5.41 Å². The van der Waals surface area contributed by atoms with Gasteiger partial charge in [0.2, 0.25) is 0 Å². The van der Waals surface area contributed by atoms with Crippen LogP contribution >= 0.6 is 0 Å². The SMILES string of the molecule is CC(CC=O)c1cccc(C(C)(C)C)c1. The van der Waals surface area contributed by atoms with Crippen LogP contribution in [0.5, 0.6) is 0 Å². The van der Waals surface area contributed by atoms with Crippen LogP contribution in [0.3, 0.4) is 0 Å². The molecule has 0 saturated heterocycles. The molecule has 15 heavy (non-hydrogen) atoms. The standard InChI is InChI=1S/C14H20O/c1-11(8-9-15)12-6-5-7-13(10-12)14(2,3)4/h5-7,9-11H,8H2,1-4H3. The molecule has 0 aliphatic carbocycles. The first-order valence-corrected chi connectivity index (χ1v) is 5.49. The molecule has 0 fully saturated rings. The van der Waals surface area contributed by atoms with Crippen LogP contribution in [0.4, 0.5) is 0 Å². The molecule has 0 saturated carbocycles. The zero-order chi connectivity index (χ0) is 11.5. The summed E-state index contributed by atoms with van der Waals surface area (Å²) in [5.41, 5.74) is 2.77. The summed E-state index contributed by atoms with van der Waals surface area (Å²) in [4.78, 5) is 10.5. The van der Waals surface area contributed by atoms with Crippen LogP contribution in [0.2, 0.25) is 0 Å². The molecule has 0 radical (unpaired) electrons. The molecule has 0 spiro atoms. The maximum atomic E-state index is 10.5. The summed E-state index contributed by atoms with van der Waals surface area (Å²) in [5.74, 6) is 0.324. The molecule has 1 nitrogen and oxygen atoms in total. The van der Waals surface area contributed by atoms with Crippen LogP contribution < -0.4 is 0 Å². The van der Waals surface area contributed by atoms with Crippen LogP contribution in [0, 0.1) is 0 Å².